The molecule has 0 heterocycles. The van der Waals surface area contributed by atoms with E-state index >= 15 is 0 Å². The lowest BCUT2D eigenvalue weighted by Gasteiger charge is -2.22. The molecule has 2 N–H and O–H groups in total. The number of amides is 1. The third kappa shape index (κ3) is 5.94. The zero-order valence-electron chi connectivity index (χ0n) is 14.8. The number of hydrogen-bond donors (Lipinski definition) is 2. The van der Waals surface area contributed by atoms with Crippen LogP contribution in [0.25, 0.3) is 0 Å². The predicted octanol–water partition coefficient (Wildman–Crippen LogP) is 3.08. The summed E-state index contributed by atoms with van der Waals surface area (Å²) in [6.45, 7) is 0.788. The molecule has 134 valence electrons. The quantitative estimate of drug-likeness (QED) is 0.450. The van der Waals surface area contributed by atoms with Crippen molar-refractivity contribution in [3.05, 3.63) is 64.1 Å². The first-order valence-corrected chi connectivity index (χ1v) is 8.84. The van der Waals surface area contributed by atoms with Crippen LogP contribution in [0.3, 0.4) is 0 Å². The van der Waals surface area contributed by atoms with Crippen molar-refractivity contribution in [2.75, 3.05) is 26.0 Å². The molecule has 0 bridgehead atoms. The maximum Gasteiger partial charge on any atom is 0.243 e. The Bertz CT molecular complexity index is 824. The maximum atomic E-state index is 12.1. The summed E-state index contributed by atoms with van der Waals surface area (Å²) in [6, 6.07) is 15.3. The van der Waals surface area contributed by atoms with E-state index in [0.29, 0.717) is 18.2 Å². The zero-order chi connectivity index (χ0) is 18.9. The van der Waals surface area contributed by atoms with Gasteiger partial charge in [-0.25, -0.2) is 0 Å². The molecule has 0 aromatic heterocycles. The molecule has 26 heavy (non-hydrogen) atoms. The normalized spacial score (nSPS) is 10.8. The summed E-state index contributed by atoms with van der Waals surface area (Å²) in [5, 5.41) is 5.88. The maximum absolute atomic E-state index is 12.1. The minimum absolute atomic E-state index is 0.109. The second-order valence-corrected chi connectivity index (χ2v) is 6.57. The zero-order valence-corrected chi connectivity index (χ0v) is 16.4. The van der Waals surface area contributed by atoms with Crippen molar-refractivity contribution in [1.29, 1.82) is 0 Å². The molecule has 0 aliphatic rings. The highest BCUT2D eigenvalue weighted by Crippen LogP contribution is 2.12. The lowest BCUT2D eigenvalue weighted by atomic mass is 10.2. The molecule has 5 nitrogen and oxygen atoms in total. The average Bonchev–Trinajstić information content (AvgIpc) is 2.64. The van der Waals surface area contributed by atoms with Gasteiger partial charge in [-0.05, 0) is 35.9 Å². The highest BCUT2D eigenvalue weighted by molar-refractivity contribution is 9.10. The first-order chi connectivity index (χ1) is 12.5. The number of halogens is 1. The fourth-order valence-corrected chi connectivity index (χ4v) is 2.64. The molecule has 0 saturated heterocycles. The third-order valence-corrected chi connectivity index (χ3v) is 4.16. The highest BCUT2D eigenvalue weighted by Gasteiger charge is 2.09. The number of carbonyl (C=O) groups excluding carboxylic acids is 1. The Balaban J connectivity index is 1.88. The second-order valence-electron chi connectivity index (χ2n) is 5.66. The van der Waals surface area contributed by atoms with Crippen LogP contribution in [0.5, 0.6) is 0 Å². The number of terminal acetylenes is 1. The van der Waals surface area contributed by atoms with E-state index < -0.39 is 0 Å². The summed E-state index contributed by atoms with van der Waals surface area (Å²) in [5.41, 5.74) is 2.54. The SMILES string of the molecule is C#Cc1cccc(NC(=O)CNC(=NC)N(C)Cc2ccc(Br)cc2)c1. The van der Waals surface area contributed by atoms with Gasteiger partial charge in [0, 0.05) is 36.4 Å². The van der Waals surface area contributed by atoms with E-state index in [0.717, 1.165) is 15.6 Å². The number of anilines is 1. The summed E-state index contributed by atoms with van der Waals surface area (Å²) in [4.78, 5) is 18.3. The molecule has 1 amide bonds. The van der Waals surface area contributed by atoms with Crippen LogP contribution in [0.2, 0.25) is 0 Å². The Labute approximate surface area is 162 Å². The van der Waals surface area contributed by atoms with Gasteiger partial charge in [-0.1, -0.05) is 40.0 Å². The third-order valence-electron chi connectivity index (χ3n) is 3.63. The molecule has 0 aliphatic heterocycles. The summed E-state index contributed by atoms with van der Waals surface area (Å²) in [5.74, 6) is 3.02. The summed E-state index contributed by atoms with van der Waals surface area (Å²) in [7, 11) is 3.61. The van der Waals surface area contributed by atoms with Crippen molar-refractivity contribution in [2.24, 2.45) is 4.99 Å². The Morgan fingerprint density at radius 3 is 2.65 bits per heavy atom. The van der Waals surface area contributed by atoms with E-state index in [1.807, 2.05) is 48.3 Å². The van der Waals surface area contributed by atoms with Crippen LogP contribution in [-0.4, -0.2) is 37.4 Å². The van der Waals surface area contributed by atoms with Crippen LogP contribution in [0.4, 0.5) is 5.69 Å². The number of benzene rings is 2. The van der Waals surface area contributed by atoms with E-state index in [1.54, 1.807) is 19.2 Å². The largest absolute Gasteiger partial charge is 0.347 e. The van der Waals surface area contributed by atoms with Gasteiger partial charge >= 0.3 is 0 Å². The molecule has 0 aliphatic carbocycles. The van der Waals surface area contributed by atoms with Crippen molar-refractivity contribution in [1.82, 2.24) is 10.2 Å². The van der Waals surface area contributed by atoms with Crippen LogP contribution in [0.15, 0.2) is 58.0 Å². The fraction of sp³-hybridized carbons (Fsp3) is 0.200. The van der Waals surface area contributed by atoms with Gasteiger partial charge in [0.1, 0.15) is 0 Å². The predicted molar refractivity (Wildman–Crippen MR) is 110 cm³/mol. The molecular formula is C20H21BrN4O. The van der Waals surface area contributed by atoms with E-state index in [9.17, 15) is 4.79 Å². The van der Waals surface area contributed by atoms with Crippen LogP contribution in [-0.2, 0) is 11.3 Å². The minimum Gasteiger partial charge on any atom is -0.347 e. The monoisotopic (exact) mass is 412 g/mol. The number of rotatable bonds is 5. The summed E-state index contributed by atoms with van der Waals surface area (Å²) >= 11 is 3.43. The first-order valence-electron chi connectivity index (χ1n) is 8.04. The Morgan fingerprint density at radius 1 is 1.27 bits per heavy atom. The van der Waals surface area contributed by atoms with Gasteiger partial charge in [0.05, 0.1) is 6.54 Å². The van der Waals surface area contributed by atoms with Gasteiger partial charge in [0.25, 0.3) is 0 Å². The number of guanidine groups is 1. The molecule has 6 heteroatoms. The molecule has 2 aromatic rings. The number of carbonyl (C=O) groups is 1. The van der Waals surface area contributed by atoms with Gasteiger partial charge in [-0.3, -0.25) is 9.79 Å². The van der Waals surface area contributed by atoms with Crippen molar-refractivity contribution < 1.29 is 4.79 Å². The standard InChI is InChI=1S/C20H21BrN4O/c1-4-15-6-5-7-18(12-15)24-19(26)13-23-20(22-2)25(3)14-16-8-10-17(21)11-9-16/h1,5-12H,13-14H2,2-3H3,(H,22,23)(H,24,26). The molecule has 0 radical (unpaired) electrons. The molecule has 0 spiro atoms. The molecule has 0 unspecified atom stereocenters. The molecular weight excluding hydrogens is 392 g/mol. The molecule has 2 aromatic carbocycles. The number of aliphatic imine (C=N–C) groups is 1. The summed E-state index contributed by atoms with van der Waals surface area (Å²) < 4.78 is 1.04. The first kappa shape index (κ1) is 19.5. The van der Waals surface area contributed by atoms with Crippen molar-refractivity contribution in [3.8, 4) is 12.3 Å². The fourth-order valence-electron chi connectivity index (χ4n) is 2.37. The van der Waals surface area contributed by atoms with E-state index in [4.69, 9.17) is 6.42 Å². The van der Waals surface area contributed by atoms with E-state index in [1.165, 1.54) is 0 Å². The van der Waals surface area contributed by atoms with Gasteiger partial charge < -0.3 is 15.5 Å². The lowest BCUT2D eigenvalue weighted by Crippen LogP contribution is -2.42. The highest BCUT2D eigenvalue weighted by atomic mass is 79.9. The molecule has 0 fully saturated rings. The number of hydrogen-bond acceptors (Lipinski definition) is 2. The molecule has 0 atom stereocenters. The average molecular weight is 413 g/mol. The van der Waals surface area contributed by atoms with Gasteiger partial charge in [-0.2, -0.15) is 0 Å². The number of nitrogens with zero attached hydrogens (tertiary/aromatic N) is 2. The molecule has 0 saturated carbocycles. The van der Waals surface area contributed by atoms with Crippen molar-refractivity contribution in [3.63, 3.8) is 0 Å². The number of nitrogens with one attached hydrogen (secondary N) is 2. The van der Waals surface area contributed by atoms with Crippen LogP contribution >= 0.6 is 15.9 Å². The van der Waals surface area contributed by atoms with Gasteiger partial charge in [0.2, 0.25) is 5.91 Å². The van der Waals surface area contributed by atoms with E-state index in [-0.39, 0.29) is 12.5 Å². The Morgan fingerprint density at radius 2 is 2.00 bits per heavy atom. The summed E-state index contributed by atoms with van der Waals surface area (Å²) in [6.07, 6.45) is 5.37. The van der Waals surface area contributed by atoms with Crippen LogP contribution in [0.1, 0.15) is 11.1 Å². The second kappa shape index (κ2) is 9.64. The van der Waals surface area contributed by atoms with Crippen LogP contribution < -0.4 is 10.6 Å². The van der Waals surface area contributed by atoms with E-state index in [2.05, 4.69) is 37.5 Å². The van der Waals surface area contributed by atoms with Crippen LogP contribution in [0, 0.1) is 12.3 Å². The van der Waals surface area contributed by atoms with Gasteiger partial charge in [-0.15, -0.1) is 6.42 Å². The Hall–Kier alpha value is -2.78. The molecule has 2 rings (SSSR count). The van der Waals surface area contributed by atoms with Crippen molar-refractivity contribution in [2.45, 2.75) is 6.54 Å². The van der Waals surface area contributed by atoms with Crippen molar-refractivity contribution >= 4 is 33.5 Å². The minimum atomic E-state index is -0.169. The Kier molecular flexibility index (Phi) is 7.24. The topological polar surface area (TPSA) is 56.7 Å². The lowest BCUT2D eigenvalue weighted by molar-refractivity contribution is -0.115. The smallest absolute Gasteiger partial charge is 0.243 e. The van der Waals surface area contributed by atoms with Gasteiger partial charge in [0.15, 0.2) is 5.96 Å².